The van der Waals surface area contributed by atoms with Crippen molar-refractivity contribution < 1.29 is 18.6 Å². The molecule has 0 bridgehead atoms. The molecule has 0 spiro atoms. The lowest BCUT2D eigenvalue weighted by Crippen LogP contribution is -2.12. The van der Waals surface area contributed by atoms with Crippen LogP contribution in [0.25, 0.3) is 6.08 Å². The Hall–Kier alpha value is -2.11. The second-order valence-corrected chi connectivity index (χ2v) is 6.15. The van der Waals surface area contributed by atoms with Crippen LogP contribution < -0.4 is 5.73 Å². The van der Waals surface area contributed by atoms with Gasteiger partial charge in [0.15, 0.2) is 0 Å². The molecule has 1 aliphatic rings. The maximum Gasteiger partial charge on any atom is 0.115 e. The third-order valence-electron chi connectivity index (χ3n) is 4.05. The van der Waals surface area contributed by atoms with E-state index in [-0.39, 0.29) is 6.61 Å². The van der Waals surface area contributed by atoms with E-state index < -0.39 is 6.67 Å². The van der Waals surface area contributed by atoms with Gasteiger partial charge in [-0.25, -0.2) is 4.39 Å². The summed E-state index contributed by atoms with van der Waals surface area (Å²) in [6.07, 6.45) is 10.6. The van der Waals surface area contributed by atoms with Crippen LogP contribution in [0.1, 0.15) is 12.5 Å². The van der Waals surface area contributed by atoms with Gasteiger partial charge in [0.25, 0.3) is 0 Å². The summed E-state index contributed by atoms with van der Waals surface area (Å²) in [7, 11) is 0. The summed E-state index contributed by atoms with van der Waals surface area (Å²) in [6, 6.07) is 7.83. The Labute approximate surface area is 155 Å². The number of nitrogens with two attached hydrogens (primary N) is 1. The number of allylic oxidation sites excluding steroid dienone is 4. The molecule has 4 nitrogen and oxygen atoms in total. The van der Waals surface area contributed by atoms with Gasteiger partial charge in [-0.15, -0.1) is 0 Å². The minimum Gasteiger partial charge on any atom is -0.492 e. The molecule has 0 saturated carbocycles. The molecule has 2 unspecified atom stereocenters. The van der Waals surface area contributed by atoms with Gasteiger partial charge in [-0.3, -0.25) is 0 Å². The highest BCUT2D eigenvalue weighted by atomic mass is 19.1. The van der Waals surface area contributed by atoms with E-state index in [4.69, 9.17) is 19.9 Å². The summed E-state index contributed by atoms with van der Waals surface area (Å²) in [5, 5.41) is 0. The van der Waals surface area contributed by atoms with Crippen LogP contribution in [0.3, 0.4) is 0 Å². The van der Waals surface area contributed by atoms with Gasteiger partial charge in [-0.2, -0.15) is 0 Å². The molecule has 142 valence electrons. The SMILES string of the molecule is CC1C=C(OCCOCCOCCF)C=CC1C=Cc1ccc(N)cc1. The second kappa shape index (κ2) is 11.5. The van der Waals surface area contributed by atoms with Crippen LogP contribution in [0, 0.1) is 11.8 Å². The van der Waals surface area contributed by atoms with Crippen molar-refractivity contribution in [1.29, 1.82) is 0 Å². The van der Waals surface area contributed by atoms with Gasteiger partial charge in [-0.05, 0) is 35.8 Å². The van der Waals surface area contributed by atoms with Crippen molar-refractivity contribution in [2.75, 3.05) is 45.4 Å². The van der Waals surface area contributed by atoms with Crippen molar-refractivity contribution in [3.63, 3.8) is 0 Å². The molecule has 0 aliphatic heterocycles. The van der Waals surface area contributed by atoms with Crippen molar-refractivity contribution in [1.82, 2.24) is 0 Å². The van der Waals surface area contributed by atoms with E-state index >= 15 is 0 Å². The molecule has 26 heavy (non-hydrogen) atoms. The maximum absolute atomic E-state index is 11.8. The highest BCUT2D eigenvalue weighted by Crippen LogP contribution is 2.25. The van der Waals surface area contributed by atoms with Crippen LogP contribution in [0.5, 0.6) is 0 Å². The Balaban J connectivity index is 1.67. The Morgan fingerprint density at radius 2 is 1.73 bits per heavy atom. The third kappa shape index (κ3) is 7.42. The number of hydrogen-bond acceptors (Lipinski definition) is 4. The van der Waals surface area contributed by atoms with Crippen molar-refractivity contribution in [2.24, 2.45) is 11.8 Å². The van der Waals surface area contributed by atoms with E-state index in [1.807, 2.05) is 30.3 Å². The molecule has 0 amide bonds. The zero-order chi connectivity index (χ0) is 18.6. The Bertz CT molecular complexity index is 610. The average Bonchev–Trinajstić information content (AvgIpc) is 2.64. The Morgan fingerprint density at radius 3 is 2.42 bits per heavy atom. The number of alkyl halides is 1. The monoisotopic (exact) mass is 361 g/mol. The van der Waals surface area contributed by atoms with Gasteiger partial charge < -0.3 is 19.9 Å². The first-order chi connectivity index (χ1) is 12.7. The molecule has 0 heterocycles. The number of rotatable bonds is 11. The molecule has 0 radical (unpaired) electrons. The molecular formula is C21H28FNO3. The highest BCUT2D eigenvalue weighted by Gasteiger charge is 2.14. The first kappa shape index (κ1) is 20.2. The zero-order valence-corrected chi connectivity index (χ0v) is 15.3. The number of nitrogen functional groups attached to an aromatic ring is 1. The van der Waals surface area contributed by atoms with Gasteiger partial charge in [0.2, 0.25) is 0 Å². The molecule has 0 fully saturated rings. The van der Waals surface area contributed by atoms with Gasteiger partial charge in [0.05, 0.1) is 26.4 Å². The fraction of sp³-hybridized carbons (Fsp3) is 0.429. The quantitative estimate of drug-likeness (QED) is 0.478. The Morgan fingerprint density at radius 1 is 1.04 bits per heavy atom. The van der Waals surface area contributed by atoms with Crippen molar-refractivity contribution >= 4 is 11.8 Å². The van der Waals surface area contributed by atoms with Crippen LogP contribution >= 0.6 is 0 Å². The molecule has 2 rings (SSSR count). The van der Waals surface area contributed by atoms with E-state index in [0.717, 1.165) is 17.0 Å². The number of benzene rings is 1. The van der Waals surface area contributed by atoms with Crippen molar-refractivity contribution in [2.45, 2.75) is 6.92 Å². The minimum absolute atomic E-state index is 0.128. The smallest absolute Gasteiger partial charge is 0.115 e. The standard InChI is InChI=1S/C21H28FNO3/c1-17-16-21(26-15-14-25-13-12-24-11-10-22)9-6-19(17)5-2-18-3-7-20(23)8-4-18/h2-9,16-17,19H,10-15,23H2,1H3. The fourth-order valence-corrected chi connectivity index (χ4v) is 2.57. The van der Waals surface area contributed by atoms with Crippen molar-refractivity contribution in [3.05, 3.63) is 59.9 Å². The van der Waals surface area contributed by atoms with E-state index in [9.17, 15) is 4.39 Å². The van der Waals surface area contributed by atoms with Gasteiger partial charge in [-0.1, -0.05) is 37.3 Å². The first-order valence-electron chi connectivity index (χ1n) is 8.97. The lowest BCUT2D eigenvalue weighted by Gasteiger charge is -2.20. The topological polar surface area (TPSA) is 53.7 Å². The second-order valence-electron chi connectivity index (χ2n) is 6.15. The minimum atomic E-state index is -0.460. The summed E-state index contributed by atoms with van der Waals surface area (Å²) in [5.74, 6) is 1.56. The van der Waals surface area contributed by atoms with Crippen LogP contribution in [-0.4, -0.2) is 39.7 Å². The van der Waals surface area contributed by atoms with E-state index in [1.54, 1.807) is 0 Å². The zero-order valence-electron chi connectivity index (χ0n) is 15.3. The summed E-state index contributed by atoms with van der Waals surface area (Å²) in [6.45, 7) is 3.67. The maximum atomic E-state index is 11.8. The largest absolute Gasteiger partial charge is 0.492 e. The van der Waals surface area contributed by atoms with E-state index in [0.29, 0.717) is 38.3 Å². The summed E-state index contributed by atoms with van der Waals surface area (Å²) >= 11 is 0. The number of anilines is 1. The summed E-state index contributed by atoms with van der Waals surface area (Å²) < 4.78 is 27.9. The van der Waals surface area contributed by atoms with Crippen LogP contribution in [-0.2, 0) is 14.2 Å². The van der Waals surface area contributed by atoms with E-state index in [1.165, 1.54) is 0 Å². The molecule has 2 N–H and O–H groups in total. The van der Waals surface area contributed by atoms with Gasteiger partial charge in [0, 0.05) is 11.6 Å². The molecular weight excluding hydrogens is 333 g/mol. The molecule has 0 saturated heterocycles. The van der Waals surface area contributed by atoms with Gasteiger partial charge in [0.1, 0.15) is 19.0 Å². The molecule has 1 aromatic rings. The number of hydrogen-bond donors (Lipinski definition) is 1. The first-order valence-corrected chi connectivity index (χ1v) is 8.97. The molecule has 0 aromatic heterocycles. The normalized spacial score (nSPS) is 19.7. The van der Waals surface area contributed by atoms with Crippen molar-refractivity contribution in [3.8, 4) is 0 Å². The summed E-state index contributed by atoms with van der Waals surface area (Å²) in [5.41, 5.74) is 7.61. The lowest BCUT2D eigenvalue weighted by atomic mass is 9.88. The molecule has 1 aromatic carbocycles. The Kier molecular flexibility index (Phi) is 8.93. The average molecular weight is 361 g/mol. The predicted molar refractivity (Wildman–Crippen MR) is 103 cm³/mol. The molecule has 2 atom stereocenters. The number of ether oxygens (including phenoxy) is 3. The third-order valence-corrected chi connectivity index (χ3v) is 4.05. The van der Waals surface area contributed by atoms with Gasteiger partial charge >= 0.3 is 0 Å². The lowest BCUT2D eigenvalue weighted by molar-refractivity contribution is 0.0248. The van der Waals surface area contributed by atoms with Crippen LogP contribution in [0.2, 0.25) is 0 Å². The van der Waals surface area contributed by atoms with E-state index in [2.05, 4.69) is 31.2 Å². The number of halogens is 1. The highest BCUT2D eigenvalue weighted by molar-refractivity contribution is 5.54. The molecule has 1 aliphatic carbocycles. The summed E-state index contributed by atoms with van der Waals surface area (Å²) in [4.78, 5) is 0. The predicted octanol–water partition coefficient (Wildman–Crippen LogP) is 4.01. The van der Waals surface area contributed by atoms with Crippen LogP contribution in [0.15, 0.2) is 54.3 Å². The molecule has 5 heteroatoms. The fourth-order valence-electron chi connectivity index (χ4n) is 2.57. The van der Waals surface area contributed by atoms with Crippen LogP contribution in [0.4, 0.5) is 10.1 Å².